The zero-order valence-electron chi connectivity index (χ0n) is 10.2. The second-order valence-corrected chi connectivity index (χ2v) is 3.68. The highest BCUT2D eigenvalue weighted by Crippen LogP contribution is 2.21. The minimum Gasteiger partial charge on any atom is -0.462 e. The van der Waals surface area contributed by atoms with E-state index < -0.39 is 5.97 Å². The van der Waals surface area contributed by atoms with Crippen LogP contribution < -0.4 is 5.73 Å². The topological polar surface area (TPSA) is 81.0 Å². The molecule has 0 aromatic carbocycles. The Bertz CT molecular complexity index is 443. The normalized spacial score (nSPS) is 9.94. The van der Waals surface area contributed by atoms with Gasteiger partial charge < -0.3 is 15.0 Å². The summed E-state index contributed by atoms with van der Waals surface area (Å²) in [6, 6.07) is 2.02. The Kier molecular flexibility index (Phi) is 4.58. The number of unbranched alkanes of at least 4 members (excludes halogenated alkanes) is 1. The largest absolute Gasteiger partial charge is 0.462 e. The maximum Gasteiger partial charge on any atom is 0.341 e. The van der Waals surface area contributed by atoms with Crippen molar-refractivity contribution >= 4 is 11.7 Å². The predicted octanol–water partition coefficient (Wildman–Crippen LogP) is 1.92. The molecule has 0 aliphatic carbocycles. The Morgan fingerprint density at radius 1 is 1.59 bits per heavy atom. The first-order valence-electron chi connectivity index (χ1n) is 5.71. The van der Waals surface area contributed by atoms with Gasteiger partial charge in [0.15, 0.2) is 0 Å². The molecule has 0 saturated carbocycles. The SMILES string of the molecule is CCCCn1cc(C(=O)OCC)c(N)c1C#N. The van der Waals surface area contributed by atoms with E-state index >= 15 is 0 Å². The van der Waals surface area contributed by atoms with E-state index in [0.29, 0.717) is 18.8 Å². The lowest BCUT2D eigenvalue weighted by molar-refractivity contribution is 0.0527. The van der Waals surface area contributed by atoms with Crippen molar-refractivity contribution in [3.8, 4) is 6.07 Å². The average molecular weight is 235 g/mol. The molecule has 1 aromatic rings. The van der Waals surface area contributed by atoms with E-state index in [1.54, 1.807) is 17.7 Å². The fourth-order valence-electron chi connectivity index (χ4n) is 1.57. The summed E-state index contributed by atoms with van der Waals surface area (Å²) in [4.78, 5) is 11.6. The smallest absolute Gasteiger partial charge is 0.341 e. The van der Waals surface area contributed by atoms with Crippen LogP contribution in [0.2, 0.25) is 0 Å². The lowest BCUT2D eigenvalue weighted by Gasteiger charge is -2.01. The van der Waals surface area contributed by atoms with Gasteiger partial charge in [-0.05, 0) is 13.3 Å². The van der Waals surface area contributed by atoms with Crippen molar-refractivity contribution in [1.29, 1.82) is 5.26 Å². The minimum atomic E-state index is -0.475. The van der Waals surface area contributed by atoms with Crippen LogP contribution in [0.5, 0.6) is 0 Å². The van der Waals surface area contributed by atoms with Crippen molar-refractivity contribution in [2.45, 2.75) is 33.2 Å². The Morgan fingerprint density at radius 2 is 2.29 bits per heavy atom. The maximum absolute atomic E-state index is 11.6. The van der Waals surface area contributed by atoms with Crippen LogP contribution in [0.1, 0.15) is 42.7 Å². The maximum atomic E-state index is 11.6. The van der Waals surface area contributed by atoms with E-state index in [2.05, 4.69) is 6.92 Å². The molecule has 2 N–H and O–H groups in total. The highest BCUT2D eigenvalue weighted by Gasteiger charge is 2.19. The summed E-state index contributed by atoms with van der Waals surface area (Å²) in [6.45, 7) is 4.77. The van der Waals surface area contributed by atoms with E-state index in [1.165, 1.54) is 0 Å². The molecular weight excluding hydrogens is 218 g/mol. The van der Waals surface area contributed by atoms with Gasteiger partial charge in [-0.25, -0.2) is 4.79 Å². The third-order valence-electron chi connectivity index (χ3n) is 2.47. The molecule has 17 heavy (non-hydrogen) atoms. The molecule has 1 aromatic heterocycles. The molecule has 0 bridgehead atoms. The molecule has 0 aliphatic heterocycles. The number of carbonyl (C=O) groups excluding carboxylic acids is 1. The molecular formula is C12H17N3O2. The third kappa shape index (κ3) is 2.78. The van der Waals surface area contributed by atoms with Gasteiger partial charge in [-0.2, -0.15) is 5.26 Å². The number of hydrogen-bond donors (Lipinski definition) is 1. The summed E-state index contributed by atoms with van der Waals surface area (Å²) in [6.07, 6.45) is 3.55. The number of hydrogen-bond acceptors (Lipinski definition) is 4. The minimum absolute atomic E-state index is 0.210. The predicted molar refractivity (Wildman–Crippen MR) is 64.4 cm³/mol. The highest BCUT2D eigenvalue weighted by atomic mass is 16.5. The van der Waals surface area contributed by atoms with Crippen molar-refractivity contribution in [2.24, 2.45) is 0 Å². The van der Waals surface area contributed by atoms with Crippen LogP contribution in [0.3, 0.4) is 0 Å². The van der Waals surface area contributed by atoms with E-state index in [9.17, 15) is 4.79 Å². The molecule has 1 heterocycles. The summed E-state index contributed by atoms with van der Waals surface area (Å²) in [7, 11) is 0. The van der Waals surface area contributed by atoms with Crippen LogP contribution >= 0.6 is 0 Å². The summed E-state index contributed by atoms with van der Waals surface area (Å²) < 4.78 is 6.60. The van der Waals surface area contributed by atoms with Gasteiger partial charge in [-0.15, -0.1) is 0 Å². The van der Waals surface area contributed by atoms with Gasteiger partial charge in [0.2, 0.25) is 0 Å². The number of nitrogen functional groups attached to an aromatic ring is 1. The summed E-state index contributed by atoms with van der Waals surface area (Å²) in [5.74, 6) is -0.475. The highest BCUT2D eigenvalue weighted by molar-refractivity contribution is 5.96. The van der Waals surface area contributed by atoms with Crippen molar-refractivity contribution in [1.82, 2.24) is 4.57 Å². The molecule has 0 fully saturated rings. The van der Waals surface area contributed by atoms with Crippen LogP contribution in [0.25, 0.3) is 0 Å². The number of aryl methyl sites for hydroxylation is 1. The number of anilines is 1. The molecule has 0 amide bonds. The van der Waals surface area contributed by atoms with Crippen LogP contribution in [0, 0.1) is 11.3 Å². The number of nitriles is 1. The molecule has 0 aliphatic rings. The van der Waals surface area contributed by atoms with Gasteiger partial charge in [0.1, 0.15) is 17.3 Å². The number of esters is 1. The Hall–Kier alpha value is -1.96. The molecule has 5 heteroatoms. The van der Waals surface area contributed by atoms with E-state index in [-0.39, 0.29) is 11.3 Å². The summed E-state index contributed by atoms with van der Waals surface area (Å²) >= 11 is 0. The molecule has 1 rings (SSSR count). The van der Waals surface area contributed by atoms with E-state index in [4.69, 9.17) is 15.7 Å². The number of aromatic nitrogens is 1. The number of rotatable bonds is 5. The summed E-state index contributed by atoms with van der Waals surface area (Å²) in [5, 5.41) is 9.02. The Morgan fingerprint density at radius 3 is 2.82 bits per heavy atom. The number of ether oxygens (including phenoxy) is 1. The standard InChI is InChI=1S/C12H17N3O2/c1-3-5-6-15-8-9(12(16)17-4-2)11(14)10(15)7-13/h8H,3-6,14H2,1-2H3. The van der Waals surface area contributed by atoms with Gasteiger partial charge in [0.25, 0.3) is 0 Å². The zero-order chi connectivity index (χ0) is 12.8. The number of nitrogens with two attached hydrogens (primary N) is 1. The fraction of sp³-hybridized carbons (Fsp3) is 0.500. The second-order valence-electron chi connectivity index (χ2n) is 3.68. The molecule has 0 spiro atoms. The van der Waals surface area contributed by atoms with Crippen molar-refractivity contribution in [3.05, 3.63) is 17.5 Å². The first kappa shape index (κ1) is 13.1. The molecule has 0 radical (unpaired) electrons. The Labute approximate surface area is 101 Å². The lowest BCUT2D eigenvalue weighted by Crippen LogP contribution is -2.06. The van der Waals surface area contributed by atoms with Gasteiger partial charge in [0.05, 0.1) is 12.3 Å². The average Bonchev–Trinajstić information content (AvgIpc) is 2.63. The van der Waals surface area contributed by atoms with Gasteiger partial charge in [-0.3, -0.25) is 0 Å². The first-order valence-corrected chi connectivity index (χ1v) is 5.71. The molecule has 0 saturated heterocycles. The van der Waals surface area contributed by atoms with Crippen LogP contribution in [0.4, 0.5) is 5.69 Å². The van der Waals surface area contributed by atoms with Gasteiger partial charge >= 0.3 is 5.97 Å². The monoisotopic (exact) mass is 235 g/mol. The van der Waals surface area contributed by atoms with Gasteiger partial charge in [0, 0.05) is 12.7 Å². The van der Waals surface area contributed by atoms with E-state index in [0.717, 1.165) is 12.8 Å². The molecule has 5 nitrogen and oxygen atoms in total. The van der Waals surface area contributed by atoms with Crippen molar-refractivity contribution in [3.63, 3.8) is 0 Å². The number of carbonyl (C=O) groups is 1. The molecule has 0 atom stereocenters. The van der Waals surface area contributed by atoms with Crippen LogP contribution in [-0.4, -0.2) is 17.1 Å². The van der Waals surface area contributed by atoms with Gasteiger partial charge in [-0.1, -0.05) is 13.3 Å². The van der Waals surface area contributed by atoms with Crippen molar-refractivity contribution in [2.75, 3.05) is 12.3 Å². The lowest BCUT2D eigenvalue weighted by atomic mass is 10.2. The zero-order valence-corrected chi connectivity index (χ0v) is 10.2. The van der Waals surface area contributed by atoms with E-state index in [1.807, 2.05) is 6.07 Å². The molecule has 0 unspecified atom stereocenters. The van der Waals surface area contributed by atoms with Crippen molar-refractivity contribution < 1.29 is 9.53 Å². The molecule has 92 valence electrons. The first-order chi connectivity index (χ1) is 8.15. The fourth-order valence-corrected chi connectivity index (χ4v) is 1.57. The summed E-state index contributed by atoms with van der Waals surface area (Å²) in [5.41, 5.74) is 6.60. The number of nitrogens with zero attached hydrogens (tertiary/aromatic N) is 2. The Balaban J connectivity index is 3.05. The van der Waals surface area contributed by atoms with Crippen LogP contribution in [-0.2, 0) is 11.3 Å². The quantitative estimate of drug-likeness (QED) is 0.790. The van der Waals surface area contributed by atoms with Crippen LogP contribution in [0.15, 0.2) is 6.20 Å². The third-order valence-corrected chi connectivity index (χ3v) is 2.47. The second kappa shape index (κ2) is 5.94.